The van der Waals surface area contributed by atoms with Crippen LogP contribution in [0.25, 0.3) is 0 Å². The van der Waals surface area contributed by atoms with E-state index in [0.29, 0.717) is 17.9 Å². The van der Waals surface area contributed by atoms with Crippen LogP contribution in [-0.2, 0) is 13.1 Å². The SMILES string of the molecule is CCCN(Cc1cc(C(=O)NCc2ccc(F)cc2)no1)C(=O)c1ccc(C)cc1. The van der Waals surface area contributed by atoms with Gasteiger partial charge < -0.3 is 14.7 Å². The van der Waals surface area contributed by atoms with Crippen molar-refractivity contribution in [2.75, 3.05) is 6.54 Å². The van der Waals surface area contributed by atoms with Crippen LogP contribution in [-0.4, -0.2) is 28.4 Å². The van der Waals surface area contributed by atoms with Crippen molar-refractivity contribution in [3.05, 3.63) is 88.6 Å². The Kier molecular flexibility index (Phi) is 6.95. The molecule has 6 nitrogen and oxygen atoms in total. The fraction of sp³-hybridized carbons (Fsp3) is 0.261. The maximum Gasteiger partial charge on any atom is 0.273 e. The summed E-state index contributed by atoms with van der Waals surface area (Å²) in [5, 5.41) is 6.53. The van der Waals surface area contributed by atoms with Crippen LogP contribution in [0.15, 0.2) is 59.1 Å². The zero-order valence-corrected chi connectivity index (χ0v) is 17.0. The molecule has 0 saturated heterocycles. The predicted molar refractivity (Wildman–Crippen MR) is 110 cm³/mol. The largest absolute Gasteiger partial charge is 0.359 e. The number of benzene rings is 2. The summed E-state index contributed by atoms with van der Waals surface area (Å²) in [4.78, 5) is 26.8. The van der Waals surface area contributed by atoms with Crippen molar-refractivity contribution >= 4 is 11.8 Å². The van der Waals surface area contributed by atoms with E-state index in [1.807, 2.05) is 26.0 Å². The van der Waals surface area contributed by atoms with Crippen LogP contribution in [0.3, 0.4) is 0 Å². The number of amides is 2. The van der Waals surface area contributed by atoms with E-state index in [4.69, 9.17) is 4.52 Å². The Bertz CT molecular complexity index is 997. The minimum atomic E-state index is -0.402. The lowest BCUT2D eigenvalue weighted by Crippen LogP contribution is -2.31. The Morgan fingerprint density at radius 2 is 1.80 bits per heavy atom. The van der Waals surface area contributed by atoms with Gasteiger partial charge in [-0.3, -0.25) is 9.59 Å². The lowest BCUT2D eigenvalue weighted by molar-refractivity contribution is 0.0727. The Hall–Kier alpha value is -3.48. The number of hydrogen-bond donors (Lipinski definition) is 1. The van der Waals surface area contributed by atoms with Gasteiger partial charge in [0.2, 0.25) is 0 Å². The maximum absolute atomic E-state index is 13.0. The summed E-state index contributed by atoms with van der Waals surface area (Å²) in [5.41, 5.74) is 2.59. The molecule has 0 aliphatic carbocycles. The molecule has 0 aliphatic rings. The average Bonchev–Trinajstić information content (AvgIpc) is 3.21. The normalized spacial score (nSPS) is 10.6. The number of nitrogens with zero attached hydrogens (tertiary/aromatic N) is 2. The molecular weight excluding hydrogens is 385 g/mol. The molecule has 3 aromatic rings. The van der Waals surface area contributed by atoms with E-state index >= 15 is 0 Å². The minimum Gasteiger partial charge on any atom is -0.359 e. The second kappa shape index (κ2) is 9.82. The highest BCUT2D eigenvalue weighted by molar-refractivity contribution is 5.94. The van der Waals surface area contributed by atoms with E-state index in [0.717, 1.165) is 17.5 Å². The summed E-state index contributed by atoms with van der Waals surface area (Å²) in [6.07, 6.45) is 0.788. The summed E-state index contributed by atoms with van der Waals surface area (Å²) in [7, 11) is 0. The van der Waals surface area contributed by atoms with Gasteiger partial charge in [0.25, 0.3) is 11.8 Å². The summed E-state index contributed by atoms with van der Waals surface area (Å²) in [6.45, 7) is 4.98. The van der Waals surface area contributed by atoms with Gasteiger partial charge in [-0.1, -0.05) is 41.9 Å². The van der Waals surface area contributed by atoms with Crippen molar-refractivity contribution in [3.63, 3.8) is 0 Å². The molecule has 30 heavy (non-hydrogen) atoms. The molecule has 0 fully saturated rings. The van der Waals surface area contributed by atoms with Crippen LogP contribution < -0.4 is 5.32 Å². The Morgan fingerprint density at radius 1 is 1.10 bits per heavy atom. The highest BCUT2D eigenvalue weighted by Crippen LogP contribution is 2.13. The van der Waals surface area contributed by atoms with Gasteiger partial charge in [0, 0.05) is 24.7 Å². The van der Waals surface area contributed by atoms with Crippen molar-refractivity contribution in [3.8, 4) is 0 Å². The number of carbonyl (C=O) groups is 2. The third-order valence-electron chi connectivity index (χ3n) is 4.58. The number of rotatable bonds is 8. The molecule has 0 unspecified atom stereocenters. The molecule has 0 atom stereocenters. The highest BCUT2D eigenvalue weighted by atomic mass is 19.1. The van der Waals surface area contributed by atoms with Gasteiger partial charge in [-0.25, -0.2) is 4.39 Å². The smallest absolute Gasteiger partial charge is 0.273 e. The Balaban J connectivity index is 1.62. The van der Waals surface area contributed by atoms with Gasteiger partial charge in [-0.05, 0) is 43.2 Å². The first-order valence-electron chi connectivity index (χ1n) is 9.80. The molecule has 1 aromatic heterocycles. The van der Waals surface area contributed by atoms with E-state index in [9.17, 15) is 14.0 Å². The number of aromatic nitrogens is 1. The Labute approximate surface area is 174 Å². The van der Waals surface area contributed by atoms with E-state index in [2.05, 4.69) is 10.5 Å². The third kappa shape index (κ3) is 5.53. The molecule has 0 radical (unpaired) electrons. The molecule has 156 valence electrons. The second-order valence-electron chi connectivity index (χ2n) is 7.08. The molecule has 2 amide bonds. The summed E-state index contributed by atoms with van der Waals surface area (Å²) >= 11 is 0. The predicted octanol–water partition coefficient (Wildman–Crippen LogP) is 4.10. The van der Waals surface area contributed by atoms with E-state index in [1.54, 1.807) is 29.2 Å². The standard InChI is InChI=1S/C23H24FN3O3/c1-3-12-27(23(29)18-8-4-16(2)5-9-18)15-20-13-21(26-30-20)22(28)25-14-17-6-10-19(24)11-7-17/h4-11,13H,3,12,14-15H2,1-2H3,(H,25,28). The topological polar surface area (TPSA) is 75.4 Å². The lowest BCUT2D eigenvalue weighted by atomic mass is 10.1. The second-order valence-corrected chi connectivity index (χ2v) is 7.08. The highest BCUT2D eigenvalue weighted by Gasteiger charge is 2.19. The molecule has 3 rings (SSSR count). The fourth-order valence-corrected chi connectivity index (χ4v) is 2.96. The number of hydrogen-bond acceptors (Lipinski definition) is 4. The molecule has 1 heterocycles. The van der Waals surface area contributed by atoms with Crippen molar-refractivity contribution in [2.45, 2.75) is 33.4 Å². The zero-order chi connectivity index (χ0) is 21.5. The average molecular weight is 409 g/mol. The molecule has 0 aliphatic heterocycles. The van der Waals surface area contributed by atoms with E-state index in [1.165, 1.54) is 18.2 Å². The molecule has 7 heteroatoms. The van der Waals surface area contributed by atoms with Crippen LogP contribution in [0.1, 0.15) is 51.1 Å². The fourth-order valence-electron chi connectivity index (χ4n) is 2.96. The van der Waals surface area contributed by atoms with Gasteiger partial charge in [0.15, 0.2) is 11.5 Å². The van der Waals surface area contributed by atoms with Crippen LogP contribution >= 0.6 is 0 Å². The molecular formula is C23H24FN3O3. The van der Waals surface area contributed by atoms with Crippen molar-refractivity contribution in [1.82, 2.24) is 15.4 Å². The van der Waals surface area contributed by atoms with Crippen molar-refractivity contribution in [2.24, 2.45) is 0 Å². The molecule has 2 aromatic carbocycles. The van der Waals surface area contributed by atoms with Gasteiger partial charge in [-0.15, -0.1) is 0 Å². The zero-order valence-electron chi connectivity index (χ0n) is 17.0. The third-order valence-corrected chi connectivity index (χ3v) is 4.58. The number of carbonyl (C=O) groups excluding carboxylic acids is 2. The number of aryl methyl sites for hydroxylation is 1. The molecule has 1 N–H and O–H groups in total. The Morgan fingerprint density at radius 3 is 2.47 bits per heavy atom. The molecule has 0 saturated carbocycles. The summed E-state index contributed by atoms with van der Waals surface area (Å²) < 4.78 is 18.2. The minimum absolute atomic E-state index is 0.101. The number of nitrogens with one attached hydrogen (secondary N) is 1. The first-order valence-corrected chi connectivity index (χ1v) is 9.80. The lowest BCUT2D eigenvalue weighted by Gasteiger charge is -2.20. The van der Waals surface area contributed by atoms with Gasteiger partial charge in [0.05, 0.1) is 6.54 Å². The monoisotopic (exact) mass is 409 g/mol. The van der Waals surface area contributed by atoms with Gasteiger partial charge >= 0.3 is 0 Å². The van der Waals surface area contributed by atoms with E-state index < -0.39 is 5.91 Å². The van der Waals surface area contributed by atoms with Crippen LogP contribution in [0.5, 0.6) is 0 Å². The number of halogens is 1. The van der Waals surface area contributed by atoms with Crippen LogP contribution in [0.4, 0.5) is 4.39 Å². The molecule has 0 spiro atoms. The first kappa shape index (κ1) is 21.2. The van der Waals surface area contributed by atoms with Gasteiger partial charge in [0.1, 0.15) is 5.82 Å². The summed E-state index contributed by atoms with van der Waals surface area (Å²) in [5.74, 6) is -0.407. The first-order chi connectivity index (χ1) is 14.5. The van der Waals surface area contributed by atoms with E-state index in [-0.39, 0.29) is 30.5 Å². The van der Waals surface area contributed by atoms with Crippen LogP contribution in [0, 0.1) is 12.7 Å². The maximum atomic E-state index is 13.0. The van der Waals surface area contributed by atoms with Crippen molar-refractivity contribution in [1.29, 1.82) is 0 Å². The quantitative estimate of drug-likeness (QED) is 0.608. The van der Waals surface area contributed by atoms with Gasteiger partial charge in [-0.2, -0.15) is 0 Å². The van der Waals surface area contributed by atoms with Crippen molar-refractivity contribution < 1.29 is 18.5 Å². The van der Waals surface area contributed by atoms with Crippen LogP contribution in [0.2, 0.25) is 0 Å². The summed E-state index contributed by atoms with van der Waals surface area (Å²) in [6, 6.07) is 14.8. The molecule has 0 bridgehead atoms.